The van der Waals surface area contributed by atoms with Crippen LogP contribution in [0.2, 0.25) is 0 Å². The molecular weight excluding hydrogens is 460 g/mol. The Morgan fingerprint density at radius 2 is 1.86 bits per heavy atom. The summed E-state index contributed by atoms with van der Waals surface area (Å²) >= 11 is 4.72. The van der Waals surface area contributed by atoms with Gasteiger partial charge in [0.25, 0.3) is 15.9 Å². The van der Waals surface area contributed by atoms with Crippen LogP contribution in [0.3, 0.4) is 0 Å². The highest BCUT2D eigenvalue weighted by Crippen LogP contribution is 2.31. The quantitative estimate of drug-likeness (QED) is 0.482. The number of anilines is 1. The topological polar surface area (TPSA) is 66.5 Å². The zero-order chi connectivity index (χ0) is 20.3. The first-order valence-corrected chi connectivity index (χ1v) is 11.9. The fourth-order valence-electron chi connectivity index (χ4n) is 2.71. The predicted molar refractivity (Wildman–Crippen MR) is 119 cm³/mol. The van der Waals surface area contributed by atoms with Crippen molar-refractivity contribution in [3.05, 3.63) is 57.9 Å². The van der Waals surface area contributed by atoms with Crippen LogP contribution in [0.1, 0.15) is 29.4 Å². The van der Waals surface area contributed by atoms with Crippen molar-refractivity contribution in [2.45, 2.75) is 24.7 Å². The lowest BCUT2D eigenvalue weighted by atomic mass is 10.2. The van der Waals surface area contributed by atoms with Crippen molar-refractivity contribution in [2.75, 3.05) is 17.9 Å². The summed E-state index contributed by atoms with van der Waals surface area (Å²) in [5, 5.41) is 3.76. The SMILES string of the molecule is CCCCNC(=O)c1cc2cc(N(C)S(=O)(=O)c3ccc(Br)cc3)ccc2s1. The lowest BCUT2D eigenvalue weighted by molar-refractivity contribution is 0.0957. The van der Waals surface area contributed by atoms with E-state index >= 15 is 0 Å². The summed E-state index contributed by atoms with van der Waals surface area (Å²) in [6, 6.07) is 13.8. The molecule has 1 N–H and O–H groups in total. The van der Waals surface area contributed by atoms with Gasteiger partial charge < -0.3 is 5.32 Å². The maximum absolute atomic E-state index is 12.9. The second-order valence-corrected chi connectivity index (χ2v) is 10.3. The van der Waals surface area contributed by atoms with Crippen LogP contribution in [0.5, 0.6) is 0 Å². The highest BCUT2D eigenvalue weighted by atomic mass is 79.9. The number of carbonyl (C=O) groups excluding carboxylic acids is 1. The first kappa shape index (κ1) is 20.8. The number of rotatable bonds is 7. The van der Waals surface area contributed by atoms with Crippen LogP contribution >= 0.6 is 27.3 Å². The first-order valence-electron chi connectivity index (χ1n) is 8.89. The molecule has 0 saturated carbocycles. The molecule has 1 amide bonds. The zero-order valence-electron chi connectivity index (χ0n) is 15.6. The Balaban J connectivity index is 1.87. The van der Waals surface area contributed by atoms with Crippen molar-refractivity contribution in [2.24, 2.45) is 0 Å². The third kappa shape index (κ3) is 4.39. The van der Waals surface area contributed by atoms with Gasteiger partial charge in [-0.15, -0.1) is 11.3 Å². The molecule has 0 aliphatic carbocycles. The molecule has 0 aliphatic rings. The number of unbranched alkanes of at least 4 members (excludes halogenated alkanes) is 1. The number of benzene rings is 2. The van der Waals surface area contributed by atoms with E-state index in [1.165, 1.54) is 22.7 Å². The Labute approximate surface area is 177 Å². The molecule has 3 aromatic rings. The average molecular weight is 481 g/mol. The van der Waals surface area contributed by atoms with Gasteiger partial charge in [0.05, 0.1) is 15.5 Å². The molecule has 0 radical (unpaired) electrons. The van der Waals surface area contributed by atoms with Gasteiger partial charge in [0.15, 0.2) is 0 Å². The van der Waals surface area contributed by atoms with Crippen LogP contribution in [0.4, 0.5) is 5.69 Å². The van der Waals surface area contributed by atoms with Gasteiger partial charge in [-0.2, -0.15) is 0 Å². The molecule has 1 aromatic heterocycles. The Kier molecular flexibility index (Phi) is 6.42. The number of amides is 1. The normalized spacial score (nSPS) is 11.5. The summed E-state index contributed by atoms with van der Waals surface area (Å²) < 4.78 is 28.8. The monoisotopic (exact) mass is 480 g/mol. The zero-order valence-corrected chi connectivity index (χ0v) is 18.8. The largest absolute Gasteiger partial charge is 0.351 e. The lowest BCUT2D eigenvalue weighted by Gasteiger charge is -2.19. The van der Waals surface area contributed by atoms with Gasteiger partial charge in [-0.3, -0.25) is 9.10 Å². The second-order valence-electron chi connectivity index (χ2n) is 6.37. The van der Waals surface area contributed by atoms with Gasteiger partial charge >= 0.3 is 0 Å². The van der Waals surface area contributed by atoms with E-state index < -0.39 is 10.0 Å². The third-order valence-corrected chi connectivity index (χ3v) is 7.82. The van der Waals surface area contributed by atoms with Gasteiger partial charge in [0.2, 0.25) is 0 Å². The van der Waals surface area contributed by atoms with E-state index in [0.717, 1.165) is 27.4 Å². The molecule has 5 nitrogen and oxygen atoms in total. The second kappa shape index (κ2) is 8.63. The molecule has 148 valence electrons. The molecule has 0 atom stereocenters. The molecule has 1 heterocycles. The summed E-state index contributed by atoms with van der Waals surface area (Å²) in [7, 11) is -2.13. The van der Waals surface area contributed by atoms with Crippen molar-refractivity contribution >= 4 is 59.0 Å². The Morgan fingerprint density at radius 3 is 2.54 bits per heavy atom. The summed E-state index contributed by atoms with van der Waals surface area (Å²) in [5.41, 5.74) is 0.547. The van der Waals surface area contributed by atoms with Gasteiger partial charge in [0.1, 0.15) is 0 Å². The van der Waals surface area contributed by atoms with Crippen LogP contribution in [-0.4, -0.2) is 27.9 Å². The number of carbonyl (C=O) groups is 1. The third-order valence-electron chi connectivity index (χ3n) is 4.38. The summed E-state index contributed by atoms with van der Waals surface area (Å²) in [6.45, 7) is 2.73. The molecule has 0 spiro atoms. The average Bonchev–Trinajstić information content (AvgIpc) is 3.11. The highest BCUT2D eigenvalue weighted by Gasteiger charge is 2.22. The minimum absolute atomic E-state index is 0.0907. The van der Waals surface area contributed by atoms with Crippen LogP contribution in [0, 0.1) is 0 Å². The number of nitrogens with one attached hydrogen (secondary N) is 1. The van der Waals surface area contributed by atoms with E-state index in [1.807, 2.05) is 12.1 Å². The van der Waals surface area contributed by atoms with Gasteiger partial charge in [0, 0.05) is 22.8 Å². The molecular formula is C20H21BrN2O3S2. The summed E-state index contributed by atoms with van der Waals surface area (Å²) in [6.07, 6.45) is 1.97. The maximum Gasteiger partial charge on any atom is 0.264 e. The number of hydrogen-bond acceptors (Lipinski definition) is 4. The molecule has 28 heavy (non-hydrogen) atoms. The fraction of sp³-hybridized carbons (Fsp3) is 0.250. The van der Waals surface area contributed by atoms with Crippen molar-refractivity contribution in [1.82, 2.24) is 5.32 Å². The lowest BCUT2D eigenvalue weighted by Crippen LogP contribution is -2.26. The van der Waals surface area contributed by atoms with Crippen molar-refractivity contribution in [3.8, 4) is 0 Å². The smallest absolute Gasteiger partial charge is 0.264 e. The van der Waals surface area contributed by atoms with Crippen LogP contribution in [-0.2, 0) is 10.0 Å². The predicted octanol–water partition coefficient (Wildman–Crippen LogP) is 5.02. The van der Waals surface area contributed by atoms with E-state index in [1.54, 1.807) is 36.4 Å². The number of fused-ring (bicyclic) bond motifs is 1. The minimum Gasteiger partial charge on any atom is -0.351 e. The molecule has 0 unspecified atom stereocenters. The number of nitrogens with zero attached hydrogens (tertiary/aromatic N) is 1. The highest BCUT2D eigenvalue weighted by molar-refractivity contribution is 9.10. The van der Waals surface area contributed by atoms with E-state index in [-0.39, 0.29) is 10.8 Å². The fourth-order valence-corrected chi connectivity index (χ4v) is 5.12. The van der Waals surface area contributed by atoms with Crippen molar-refractivity contribution in [1.29, 1.82) is 0 Å². The molecule has 0 aliphatic heterocycles. The minimum atomic E-state index is -3.67. The van der Waals surface area contributed by atoms with Crippen LogP contribution in [0.15, 0.2) is 57.9 Å². The van der Waals surface area contributed by atoms with E-state index in [9.17, 15) is 13.2 Å². The van der Waals surface area contributed by atoms with E-state index in [4.69, 9.17) is 0 Å². The molecule has 0 bridgehead atoms. The number of sulfonamides is 1. The molecule has 0 fully saturated rings. The van der Waals surface area contributed by atoms with Crippen LogP contribution in [0.25, 0.3) is 10.1 Å². The summed E-state index contributed by atoms with van der Waals surface area (Å²) in [4.78, 5) is 13.1. The van der Waals surface area contributed by atoms with Gasteiger partial charge in [-0.25, -0.2) is 8.42 Å². The molecule has 0 saturated heterocycles. The Hall–Kier alpha value is -1.90. The molecule has 8 heteroatoms. The van der Waals surface area contributed by atoms with E-state index in [0.29, 0.717) is 17.1 Å². The summed E-state index contributed by atoms with van der Waals surface area (Å²) in [5.74, 6) is -0.0907. The van der Waals surface area contributed by atoms with Gasteiger partial charge in [-0.1, -0.05) is 29.3 Å². The first-order chi connectivity index (χ1) is 13.3. The van der Waals surface area contributed by atoms with Crippen molar-refractivity contribution < 1.29 is 13.2 Å². The van der Waals surface area contributed by atoms with Crippen molar-refractivity contribution in [3.63, 3.8) is 0 Å². The standard InChI is InChI=1S/C20H21BrN2O3S2/c1-3-4-11-22-20(24)19-13-14-12-16(7-10-18(14)27-19)23(2)28(25,26)17-8-5-15(21)6-9-17/h5-10,12-13H,3-4,11H2,1-2H3,(H,22,24). The Bertz CT molecular complexity index is 1090. The van der Waals surface area contributed by atoms with Gasteiger partial charge in [-0.05, 0) is 60.3 Å². The number of hydrogen-bond donors (Lipinski definition) is 1. The van der Waals surface area contributed by atoms with Crippen LogP contribution < -0.4 is 9.62 Å². The Morgan fingerprint density at radius 1 is 1.14 bits per heavy atom. The molecule has 3 rings (SSSR count). The maximum atomic E-state index is 12.9. The number of thiophene rings is 1. The van der Waals surface area contributed by atoms with E-state index in [2.05, 4.69) is 28.2 Å². The number of halogens is 1. The molecule has 2 aromatic carbocycles.